The van der Waals surface area contributed by atoms with E-state index in [1.54, 1.807) is 0 Å². The van der Waals surface area contributed by atoms with Gasteiger partial charge in [0.2, 0.25) is 0 Å². The summed E-state index contributed by atoms with van der Waals surface area (Å²) >= 11 is 0. The maximum Gasteiger partial charge on any atom is 0.0202 e. The van der Waals surface area contributed by atoms with E-state index in [0.29, 0.717) is 0 Å². The monoisotopic (exact) mass is 220 g/mol. The lowest BCUT2D eigenvalue weighted by Crippen LogP contribution is -2.29. The predicted molar refractivity (Wildman–Crippen MR) is 71.6 cm³/mol. The zero-order valence-corrected chi connectivity index (χ0v) is 10.8. The van der Waals surface area contributed by atoms with Gasteiger partial charge in [0.1, 0.15) is 0 Å². The summed E-state index contributed by atoms with van der Waals surface area (Å²) in [7, 11) is 2.15. The Labute approximate surface area is 99.7 Å². The van der Waals surface area contributed by atoms with Crippen molar-refractivity contribution in [1.29, 1.82) is 0 Å². The number of allylic oxidation sites excluding steroid dienone is 4. The van der Waals surface area contributed by atoms with Gasteiger partial charge < -0.3 is 10.2 Å². The van der Waals surface area contributed by atoms with Gasteiger partial charge in [-0.2, -0.15) is 0 Å². The number of nitrogens with one attached hydrogen (secondary N) is 1. The highest BCUT2D eigenvalue weighted by atomic mass is 15.1. The van der Waals surface area contributed by atoms with Crippen molar-refractivity contribution >= 4 is 0 Å². The first-order chi connectivity index (χ1) is 7.72. The highest BCUT2D eigenvalue weighted by Gasteiger charge is 1.97. The molecule has 1 aliphatic rings. The first-order valence-electron chi connectivity index (χ1n) is 6.15. The smallest absolute Gasteiger partial charge is 0.0202 e. The van der Waals surface area contributed by atoms with Crippen LogP contribution in [0, 0.1) is 0 Å². The molecule has 0 aliphatic heterocycles. The highest BCUT2D eigenvalue weighted by molar-refractivity contribution is 5.31. The molecule has 0 radical (unpaired) electrons. The second-order valence-corrected chi connectivity index (χ2v) is 4.37. The van der Waals surface area contributed by atoms with E-state index in [0.717, 1.165) is 32.6 Å². The molecule has 2 heteroatoms. The Hall–Kier alpha value is -0.860. The maximum absolute atomic E-state index is 3.48. The Balaban J connectivity index is 2.19. The van der Waals surface area contributed by atoms with Gasteiger partial charge >= 0.3 is 0 Å². The molecule has 0 saturated carbocycles. The molecule has 2 nitrogen and oxygen atoms in total. The molecule has 0 aromatic rings. The summed E-state index contributed by atoms with van der Waals surface area (Å²) < 4.78 is 0. The second-order valence-electron chi connectivity index (χ2n) is 4.37. The number of hydrogen-bond donors (Lipinski definition) is 1. The van der Waals surface area contributed by atoms with E-state index in [-0.39, 0.29) is 0 Å². The Morgan fingerprint density at radius 3 is 2.88 bits per heavy atom. The molecule has 0 bridgehead atoms. The van der Waals surface area contributed by atoms with Gasteiger partial charge in [-0.3, -0.25) is 0 Å². The van der Waals surface area contributed by atoms with Crippen LogP contribution in [0.2, 0.25) is 0 Å². The van der Waals surface area contributed by atoms with Crippen molar-refractivity contribution in [2.75, 3.05) is 33.2 Å². The van der Waals surface area contributed by atoms with Gasteiger partial charge in [-0.25, -0.2) is 0 Å². The molecule has 0 amide bonds. The largest absolute Gasteiger partial charge is 0.311 e. The second kappa shape index (κ2) is 7.42. The molecular weight excluding hydrogens is 196 g/mol. The standard InChI is InChI=1S/C14H24N2/c1-4-16(3)11-10-15-12-14-7-5-6-13(2)8-9-14/h6-9,15H,4-5,10-12H2,1-3H3. The Kier molecular flexibility index (Phi) is 6.12. The SMILES string of the molecule is CCN(C)CCNCC1=CCC=C(C)C=C1. The molecule has 0 aromatic carbocycles. The Bertz CT molecular complexity index is 287. The minimum Gasteiger partial charge on any atom is -0.311 e. The highest BCUT2D eigenvalue weighted by Crippen LogP contribution is 2.08. The molecule has 16 heavy (non-hydrogen) atoms. The maximum atomic E-state index is 3.48. The van der Waals surface area contributed by atoms with Crippen LogP contribution in [0.3, 0.4) is 0 Å². The van der Waals surface area contributed by atoms with E-state index >= 15 is 0 Å². The van der Waals surface area contributed by atoms with Crippen LogP contribution >= 0.6 is 0 Å². The van der Waals surface area contributed by atoms with E-state index < -0.39 is 0 Å². The van der Waals surface area contributed by atoms with Crippen LogP contribution in [0.5, 0.6) is 0 Å². The Morgan fingerprint density at radius 1 is 1.31 bits per heavy atom. The third-order valence-corrected chi connectivity index (χ3v) is 2.92. The van der Waals surface area contributed by atoms with E-state index in [4.69, 9.17) is 0 Å². The van der Waals surface area contributed by atoms with Gasteiger partial charge in [-0.15, -0.1) is 0 Å². The molecule has 0 spiro atoms. The van der Waals surface area contributed by atoms with Gasteiger partial charge in [0.25, 0.3) is 0 Å². The summed E-state index contributed by atoms with van der Waals surface area (Å²) in [6.45, 7) is 8.61. The van der Waals surface area contributed by atoms with E-state index in [2.05, 4.69) is 55.4 Å². The molecule has 1 rings (SSSR count). The van der Waals surface area contributed by atoms with Crippen LogP contribution in [-0.4, -0.2) is 38.1 Å². The Morgan fingerprint density at radius 2 is 2.12 bits per heavy atom. The van der Waals surface area contributed by atoms with Gasteiger partial charge in [-0.05, 0) is 32.5 Å². The molecule has 90 valence electrons. The van der Waals surface area contributed by atoms with E-state index in [9.17, 15) is 0 Å². The summed E-state index contributed by atoms with van der Waals surface area (Å²) in [5.41, 5.74) is 2.75. The molecule has 0 heterocycles. The fourth-order valence-corrected chi connectivity index (χ4v) is 1.56. The summed E-state index contributed by atoms with van der Waals surface area (Å²) in [6.07, 6.45) is 10.0. The summed E-state index contributed by atoms with van der Waals surface area (Å²) in [5, 5.41) is 3.48. The number of nitrogens with zero attached hydrogens (tertiary/aromatic N) is 1. The lowest BCUT2D eigenvalue weighted by Gasteiger charge is -2.14. The van der Waals surface area contributed by atoms with Crippen molar-refractivity contribution < 1.29 is 0 Å². The molecule has 0 saturated heterocycles. The van der Waals surface area contributed by atoms with E-state index in [1.807, 2.05) is 0 Å². The van der Waals surface area contributed by atoms with Gasteiger partial charge in [0.05, 0.1) is 0 Å². The lowest BCUT2D eigenvalue weighted by molar-refractivity contribution is 0.351. The zero-order valence-electron chi connectivity index (χ0n) is 10.8. The summed E-state index contributed by atoms with van der Waals surface area (Å²) in [5.74, 6) is 0. The van der Waals surface area contributed by atoms with Gasteiger partial charge in [-0.1, -0.05) is 36.8 Å². The third kappa shape index (κ3) is 5.29. The fourth-order valence-electron chi connectivity index (χ4n) is 1.56. The first kappa shape index (κ1) is 13.2. The third-order valence-electron chi connectivity index (χ3n) is 2.92. The number of rotatable bonds is 6. The van der Waals surface area contributed by atoms with Gasteiger partial charge in [0, 0.05) is 19.6 Å². The normalized spacial score (nSPS) is 16.0. The average Bonchev–Trinajstić information content (AvgIpc) is 2.49. The summed E-state index contributed by atoms with van der Waals surface area (Å²) in [4.78, 5) is 2.32. The van der Waals surface area contributed by atoms with Crippen molar-refractivity contribution in [1.82, 2.24) is 10.2 Å². The van der Waals surface area contributed by atoms with Crippen LogP contribution in [0.1, 0.15) is 20.3 Å². The topological polar surface area (TPSA) is 15.3 Å². The molecule has 1 N–H and O–H groups in total. The van der Waals surface area contributed by atoms with Crippen LogP contribution in [0.4, 0.5) is 0 Å². The van der Waals surface area contributed by atoms with Crippen LogP contribution in [-0.2, 0) is 0 Å². The quantitative estimate of drug-likeness (QED) is 0.691. The molecule has 0 aromatic heterocycles. The fraction of sp³-hybridized carbons (Fsp3) is 0.571. The van der Waals surface area contributed by atoms with Crippen LogP contribution in [0.15, 0.2) is 35.5 Å². The first-order valence-corrected chi connectivity index (χ1v) is 6.15. The summed E-state index contributed by atoms with van der Waals surface area (Å²) in [6, 6.07) is 0. The predicted octanol–water partition coefficient (Wildman–Crippen LogP) is 2.36. The minimum absolute atomic E-state index is 0.981. The zero-order chi connectivity index (χ0) is 11.8. The molecule has 0 unspecified atom stereocenters. The van der Waals surface area contributed by atoms with Gasteiger partial charge in [0.15, 0.2) is 0 Å². The average molecular weight is 220 g/mol. The van der Waals surface area contributed by atoms with Crippen molar-refractivity contribution in [3.8, 4) is 0 Å². The van der Waals surface area contributed by atoms with Crippen molar-refractivity contribution in [3.05, 3.63) is 35.5 Å². The van der Waals surface area contributed by atoms with Crippen LogP contribution in [0.25, 0.3) is 0 Å². The molecule has 0 fully saturated rings. The lowest BCUT2D eigenvalue weighted by atomic mass is 10.2. The van der Waals surface area contributed by atoms with Crippen molar-refractivity contribution in [2.24, 2.45) is 0 Å². The number of likely N-dealkylation sites (N-methyl/N-ethyl adjacent to an activating group) is 1. The minimum atomic E-state index is 0.981. The number of hydrogen-bond acceptors (Lipinski definition) is 2. The van der Waals surface area contributed by atoms with Crippen LogP contribution < -0.4 is 5.32 Å². The van der Waals surface area contributed by atoms with Crippen molar-refractivity contribution in [2.45, 2.75) is 20.3 Å². The van der Waals surface area contributed by atoms with E-state index in [1.165, 1.54) is 11.1 Å². The molecular formula is C14H24N2. The molecule has 1 aliphatic carbocycles. The molecule has 0 atom stereocenters. The van der Waals surface area contributed by atoms with Crippen molar-refractivity contribution in [3.63, 3.8) is 0 Å².